The van der Waals surface area contributed by atoms with Crippen LogP contribution >= 0.6 is 0 Å². The first-order valence-corrected chi connectivity index (χ1v) is 13.5. The van der Waals surface area contributed by atoms with Crippen LogP contribution in [0.4, 0.5) is 11.4 Å². The molecule has 196 valence electrons. The smallest absolute Gasteiger partial charge is 0.271 e. The van der Waals surface area contributed by atoms with Gasteiger partial charge in [-0.15, -0.1) is 0 Å². The molecule has 2 rings (SSSR count). The molecule has 0 fully saturated rings. The van der Waals surface area contributed by atoms with Crippen molar-refractivity contribution in [3.63, 3.8) is 0 Å². The minimum absolute atomic E-state index is 0.00681. The van der Waals surface area contributed by atoms with Gasteiger partial charge in [0, 0.05) is 25.2 Å². The first-order chi connectivity index (χ1) is 16.8. The highest BCUT2D eigenvalue weighted by molar-refractivity contribution is 7.92. The molecule has 0 spiro atoms. The van der Waals surface area contributed by atoms with Crippen LogP contribution in [0, 0.1) is 23.0 Å². The number of nitrogens with zero attached hydrogens (tertiary/aromatic N) is 3. The topological polar surface area (TPSA) is 130 Å². The number of hydrogen-bond acceptors (Lipinski definition) is 6. The van der Waals surface area contributed by atoms with E-state index in [2.05, 4.69) is 5.32 Å². The van der Waals surface area contributed by atoms with Crippen molar-refractivity contribution >= 4 is 33.2 Å². The van der Waals surface area contributed by atoms with Crippen molar-refractivity contribution in [1.29, 1.82) is 0 Å². The highest BCUT2D eigenvalue weighted by Gasteiger charge is 2.32. The molecule has 0 aliphatic heterocycles. The van der Waals surface area contributed by atoms with Gasteiger partial charge in [0.15, 0.2) is 0 Å². The fourth-order valence-electron chi connectivity index (χ4n) is 3.61. The van der Waals surface area contributed by atoms with Gasteiger partial charge in [-0.05, 0) is 30.9 Å². The van der Waals surface area contributed by atoms with Crippen molar-refractivity contribution in [2.75, 3.05) is 23.7 Å². The fraction of sp³-hybridized carbons (Fsp3) is 0.440. The number of non-ortho nitro benzene ring substituents is 1. The zero-order chi connectivity index (χ0) is 27.0. The average molecular weight is 519 g/mol. The molecule has 0 aliphatic carbocycles. The van der Waals surface area contributed by atoms with E-state index in [1.165, 1.54) is 23.1 Å². The van der Waals surface area contributed by atoms with Crippen molar-refractivity contribution in [1.82, 2.24) is 10.2 Å². The summed E-state index contributed by atoms with van der Waals surface area (Å²) in [5.74, 6) is -0.714. The van der Waals surface area contributed by atoms with Gasteiger partial charge >= 0.3 is 0 Å². The van der Waals surface area contributed by atoms with Crippen LogP contribution in [0.5, 0.6) is 0 Å². The number of nitrogens with one attached hydrogen (secondary N) is 1. The summed E-state index contributed by atoms with van der Waals surface area (Å²) in [5, 5.41) is 14.1. The molecule has 1 N–H and O–H groups in total. The predicted molar refractivity (Wildman–Crippen MR) is 139 cm³/mol. The van der Waals surface area contributed by atoms with E-state index in [-0.39, 0.29) is 29.7 Å². The molecular weight excluding hydrogens is 484 g/mol. The van der Waals surface area contributed by atoms with Crippen molar-refractivity contribution in [2.24, 2.45) is 5.92 Å². The van der Waals surface area contributed by atoms with E-state index in [1.807, 2.05) is 45.0 Å². The predicted octanol–water partition coefficient (Wildman–Crippen LogP) is 3.25. The Bertz CT molecular complexity index is 1180. The van der Waals surface area contributed by atoms with E-state index in [1.54, 1.807) is 6.92 Å². The fourth-order valence-corrected chi connectivity index (χ4v) is 4.45. The number of carbonyl (C=O) groups excluding carboxylic acids is 2. The monoisotopic (exact) mass is 518 g/mol. The van der Waals surface area contributed by atoms with Gasteiger partial charge in [-0.1, -0.05) is 56.7 Å². The molecular formula is C25H34N4O6S. The molecule has 10 nitrogen and oxygen atoms in total. The molecule has 2 aromatic rings. The second-order valence-corrected chi connectivity index (χ2v) is 11.0. The Hall–Kier alpha value is -3.47. The van der Waals surface area contributed by atoms with Gasteiger partial charge in [0.2, 0.25) is 21.8 Å². The van der Waals surface area contributed by atoms with Crippen molar-refractivity contribution in [2.45, 2.75) is 46.7 Å². The Balaban J connectivity index is 2.45. The zero-order valence-electron chi connectivity index (χ0n) is 21.3. The molecule has 1 atom stereocenters. The van der Waals surface area contributed by atoms with E-state index in [9.17, 15) is 28.1 Å². The maximum atomic E-state index is 13.6. The van der Waals surface area contributed by atoms with Crippen LogP contribution < -0.4 is 9.62 Å². The SMILES string of the molecule is CCC(C(=O)NCC(C)C)N(Cc1ccc(C)cc1)C(=O)CN(c1cccc([N+](=O)[O-])c1)S(C)(=O)=O. The molecule has 0 saturated carbocycles. The standard InChI is InChI=1S/C25H34N4O6S/c1-6-23(25(31)26-15-18(2)3)27(16-20-12-10-19(4)11-13-20)24(30)17-28(36(5,34)35)21-8-7-9-22(14-21)29(32)33/h7-14,18,23H,6,15-17H2,1-5H3,(H,26,31). The van der Waals surface area contributed by atoms with Crippen LogP contribution in [-0.2, 0) is 26.2 Å². The van der Waals surface area contributed by atoms with E-state index in [4.69, 9.17) is 0 Å². The summed E-state index contributed by atoms with van der Waals surface area (Å²) >= 11 is 0. The van der Waals surface area contributed by atoms with Crippen LogP contribution in [0.15, 0.2) is 48.5 Å². The lowest BCUT2D eigenvalue weighted by molar-refractivity contribution is -0.384. The van der Waals surface area contributed by atoms with Gasteiger partial charge in [-0.25, -0.2) is 8.42 Å². The molecule has 2 amide bonds. The Morgan fingerprint density at radius 1 is 1.11 bits per heavy atom. The molecule has 1 unspecified atom stereocenters. The number of aryl methyl sites for hydroxylation is 1. The van der Waals surface area contributed by atoms with Crippen LogP contribution in [0.2, 0.25) is 0 Å². The summed E-state index contributed by atoms with van der Waals surface area (Å²) < 4.78 is 26.1. The lowest BCUT2D eigenvalue weighted by atomic mass is 10.1. The van der Waals surface area contributed by atoms with Gasteiger partial charge < -0.3 is 10.2 Å². The number of sulfonamides is 1. The molecule has 2 aromatic carbocycles. The third kappa shape index (κ3) is 8.04. The molecule has 11 heteroatoms. The lowest BCUT2D eigenvalue weighted by Crippen LogP contribution is -2.52. The number of nitro benzene ring substituents is 1. The molecule has 0 bridgehead atoms. The highest BCUT2D eigenvalue weighted by atomic mass is 32.2. The quantitative estimate of drug-likeness (QED) is 0.339. The Morgan fingerprint density at radius 2 is 1.75 bits per heavy atom. The van der Waals surface area contributed by atoms with E-state index < -0.39 is 33.4 Å². The number of carbonyl (C=O) groups is 2. The Kier molecular flexibility index (Phi) is 9.97. The summed E-state index contributed by atoms with van der Waals surface area (Å²) in [6.07, 6.45) is 1.24. The Morgan fingerprint density at radius 3 is 2.28 bits per heavy atom. The maximum Gasteiger partial charge on any atom is 0.271 e. The molecule has 0 heterocycles. The molecule has 0 saturated heterocycles. The molecule has 36 heavy (non-hydrogen) atoms. The van der Waals surface area contributed by atoms with Crippen LogP contribution in [-0.4, -0.2) is 55.4 Å². The normalized spacial score (nSPS) is 12.2. The van der Waals surface area contributed by atoms with Gasteiger partial charge in [-0.2, -0.15) is 0 Å². The van der Waals surface area contributed by atoms with E-state index >= 15 is 0 Å². The molecule has 0 aromatic heterocycles. The summed E-state index contributed by atoms with van der Waals surface area (Å²) in [5.41, 5.74) is 1.51. The number of amides is 2. The first-order valence-electron chi connectivity index (χ1n) is 11.7. The van der Waals surface area contributed by atoms with Crippen LogP contribution in [0.25, 0.3) is 0 Å². The van der Waals surface area contributed by atoms with Crippen molar-refractivity contribution in [3.8, 4) is 0 Å². The number of rotatable bonds is 12. The number of nitro groups is 1. The number of hydrogen-bond donors (Lipinski definition) is 1. The minimum Gasteiger partial charge on any atom is -0.354 e. The third-order valence-corrected chi connectivity index (χ3v) is 6.69. The van der Waals surface area contributed by atoms with Crippen molar-refractivity contribution < 1.29 is 22.9 Å². The third-order valence-electron chi connectivity index (χ3n) is 5.55. The highest BCUT2D eigenvalue weighted by Crippen LogP contribution is 2.24. The van der Waals surface area contributed by atoms with Gasteiger partial charge in [0.05, 0.1) is 16.9 Å². The minimum atomic E-state index is -3.98. The van der Waals surface area contributed by atoms with Gasteiger partial charge in [0.25, 0.3) is 5.69 Å². The maximum absolute atomic E-state index is 13.6. The molecule has 0 radical (unpaired) electrons. The number of benzene rings is 2. The summed E-state index contributed by atoms with van der Waals surface area (Å²) in [6, 6.07) is 11.7. The molecule has 0 aliphatic rings. The summed E-state index contributed by atoms with van der Waals surface area (Å²) in [6.45, 7) is 7.55. The van der Waals surface area contributed by atoms with Crippen LogP contribution in [0.3, 0.4) is 0 Å². The number of anilines is 1. The summed E-state index contributed by atoms with van der Waals surface area (Å²) in [7, 11) is -3.98. The van der Waals surface area contributed by atoms with Crippen LogP contribution in [0.1, 0.15) is 38.3 Å². The second-order valence-electron chi connectivity index (χ2n) is 9.12. The van der Waals surface area contributed by atoms with Crippen molar-refractivity contribution in [3.05, 3.63) is 69.8 Å². The second kappa shape index (κ2) is 12.5. The average Bonchev–Trinajstić information content (AvgIpc) is 2.81. The van der Waals surface area contributed by atoms with E-state index in [0.29, 0.717) is 13.0 Å². The van der Waals surface area contributed by atoms with Gasteiger partial charge in [-0.3, -0.25) is 24.0 Å². The van der Waals surface area contributed by atoms with Gasteiger partial charge in [0.1, 0.15) is 12.6 Å². The zero-order valence-corrected chi connectivity index (χ0v) is 22.1. The largest absolute Gasteiger partial charge is 0.354 e. The first kappa shape index (κ1) is 28.8. The lowest BCUT2D eigenvalue weighted by Gasteiger charge is -2.33. The Labute approximate surface area is 212 Å². The van der Waals surface area contributed by atoms with E-state index in [0.717, 1.165) is 27.8 Å². The summed E-state index contributed by atoms with van der Waals surface area (Å²) in [4.78, 5) is 38.6.